The summed E-state index contributed by atoms with van der Waals surface area (Å²) >= 11 is 0. The van der Waals surface area contributed by atoms with Crippen LogP contribution in [0.15, 0.2) is 24.3 Å². The molecular weight excluding hydrogens is 499 g/mol. The van der Waals surface area contributed by atoms with Crippen LogP contribution in [0.5, 0.6) is 0 Å². The predicted molar refractivity (Wildman–Crippen MR) is 111 cm³/mol. The zero-order valence-corrected chi connectivity index (χ0v) is 18.8. The number of hydrogen-bond acceptors (Lipinski definition) is 12. The van der Waals surface area contributed by atoms with Crippen molar-refractivity contribution in [2.45, 2.75) is 73.7 Å². The molecule has 36 heavy (non-hydrogen) atoms. The second-order valence-corrected chi connectivity index (χ2v) is 8.53. The minimum absolute atomic E-state index is 0.232. The van der Waals surface area contributed by atoms with Gasteiger partial charge in [-0.3, -0.25) is 0 Å². The zero-order chi connectivity index (χ0) is 26.8. The Labute approximate surface area is 203 Å². The van der Waals surface area contributed by atoms with Gasteiger partial charge in [0, 0.05) is 6.54 Å². The number of hydrogen-bond donors (Lipinski definition) is 8. The van der Waals surface area contributed by atoms with Gasteiger partial charge in [-0.05, 0) is 17.7 Å². The number of nitrogens with two attached hydrogens (primary N) is 1. The predicted octanol–water partition coefficient (Wildman–Crippen LogP) is -2.65. The van der Waals surface area contributed by atoms with Crippen molar-refractivity contribution in [2.24, 2.45) is 5.73 Å². The molecule has 9 N–H and O–H groups in total. The van der Waals surface area contributed by atoms with Crippen LogP contribution in [0.2, 0.25) is 0 Å². The summed E-state index contributed by atoms with van der Waals surface area (Å²) in [5.74, 6) is 0. The van der Waals surface area contributed by atoms with Gasteiger partial charge in [-0.25, -0.2) is 0 Å². The van der Waals surface area contributed by atoms with Gasteiger partial charge in [-0.2, -0.15) is 13.2 Å². The first-order valence-electron chi connectivity index (χ1n) is 11.0. The second-order valence-electron chi connectivity index (χ2n) is 8.53. The Balaban J connectivity index is 1.67. The van der Waals surface area contributed by atoms with Gasteiger partial charge in [-0.1, -0.05) is 12.1 Å². The van der Waals surface area contributed by atoms with Crippen LogP contribution in [0.4, 0.5) is 13.2 Å². The van der Waals surface area contributed by atoms with Crippen molar-refractivity contribution in [1.29, 1.82) is 0 Å². The summed E-state index contributed by atoms with van der Waals surface area (Å²) in [7, 11) is 0. The summed E-state index contributed by atoms with van der Waals surface area (Å²) in [5, 5.41) is 69.9. The molecule has 206 valence electrons. The number of benzene rings is 1. The van der Waals surface area contributed by atoms with Gasteiger partial charge >= 0.3 is 6.18 Å². The van der Waals surface area contributed by atoms with E-state index < -0.39 is 92.5 Å². The molecule has 1 aromatic rings. The van der Waals surface area contributed by atoms with Crippen LogP contribution in [0.25, 0.3) is 0 Å². The molecule has 15 heteroatoms. The average Bonchev–Trinajstić information content (AvgIpc) is 2.85. The maximum atomic E-state index is 12.8. The third kappa shape index (κ3) is 6.32. The lowest BCUT2D eigenvalue weighted by Crippen LogP contribution is -2.61. The number of rotatable bonds is 8. The van der Waals surface area contributed by atoms with Crippen molar-refractivity contribution in [2.75, 3.05) is 19.8 Å². The van der Waals surface area contributed by atoms with Crippen molar-refractivity contribution >= 4 is 0 Å². The maximum Gasteiger partial charge on any atom is 0.416 e. The molecule has 2 aliphatic heterocycles. The Morgan fingerprint density at radius 2 is 1.33 bits per heavy atom. The van der Waals surface area contributed by atoms with E-state index in [1.807, 2.05) is 0 Å². The van der Waals surface area contributed by atoms with E-state index in [1.165, 1.54) is 0 Å². The van der Waals surface area contributed by atoms with E-state index in [9.17, 15) is 48.9 Å². The first kappa shape index (κ1) is 29.1. The molecule has 0 amide bonds. The summed E-state index contributed by atoms with van der Waals surface area (Å²) in [6.07, 6.45) is -21.7. The fourth-order valence-corrected chi connectivity index (χ4v) is 3.88. The highest BCUT2D eigenvalue weighted by Crippen LogP contribution is 2.32. The van der Waals surface area contributed by atoms with Crippen LogP contribution in [0.1, 0.15) is 17.2 Å². The van der Waals surface area contributed by atoms with Crippen molar-refractivity contribution in [3.63, 3.8) is 0 Å². The zero-order valence-electron chi connectivity index (χ0n) is 18.8. The summed E-state index contributed by atoms with van der Waals surface area (Å²) < 4.78 is 60.1. The van der Waals surface area contributed by atoms with Gasteiger partial charge in [0.05, 0.1) is 24.9 Å². The average molecular weight is 529 g/mol. The molecule has 0 aliphatic carbocycles. The lowest BCUT2D eigenvalue weighted by molar-refractivity contribution is -0.335. The second kappa shape index (κ2) is 11.9. The van der Waals surface area contributed by atoms with Gasteiger partial charge in [0.2, 0.25) is 0 Å². The van der Waals surface area contributed by atoms with Crippen molar-refractivity contribution in [3.05, 3.63) is 35.4 Å². The highest BCUT2D eigenvalue weighted by atomic mass is 19.4. The van der Waals surface area contributed by atoms with Crippen LogP contribution in [0.3, 0.4) is 0 Å². The number of aliphatic hydroxyl groups is 7. The summed E-state index contributed by atoms with van der Waals surface area (Å²) in [4.78, 5) is 0. The van der Waals surface area contributed by atoms with E-state index in [0.717, 1.165) is 24.3 Å². The van der Waals surface area contributed by atoms with Crippen molar-refractivity contribution in [3.8, 4) is 0 Å². The molecule has 2 heterocycles. The standard InChI is InChI=1S/C21H30F3NO11/c22-21(23,24)9-3-1-8(2-4-9)10(5-25)34-20-18(32)16(30)14(28)12(36-20)7-33-19-17(31)15(29)13(27)11(6-26)35-19/h1-4,10-20,26-32H,5-7,25H2/t10?,11-,12-,13-,14-,15+,16+,17-,18-,19-,20-/m1/s1. The fraction of sp³-hybridized carbons (Fsp3) is 0.714. The lowest BCUT2D eigenvalue weighted by atomic mass is 9.98. The van der Waals surface area contributed by atoms with E-state index in [1.54, 1.807) is 0 Å². The third-order valence-corrected chi connectivity index (χ3v) is 6.06. The molecule has 2 aliphatic rings. The normalized spacial score (nSPS) is 38.6. The van der Waals surface area contributed by atoms with Crippen LogP contribution >= 0.6 is 0 Å². The Kier molecular flexibility index (Phi) is 9.64. The molecule has 11 atom stereocenters. The van der Waals surface area contributed by atoms with Gasteiger partial charge in [0.25, 0.3) is 0 Å². The quantitative estimate of drug-likeness (QED) is 0.174. The molecular formula is C21H30F3NO11. The van der Waals surface area contributed by atoms with Crippen molar-refractivity contribution in [1.82, 2.24) is 0 Å². The van der Waals surface area contributed by atoms with Crippen LogP contribution in [0, 0.1) is 0 Å². The minimum atomic E-state index is -4.55. The smallest absolute Gasteiger partial charge is 0.394 e. The Bertz CT molecular complexity index is 830. The number of halogens is 3. The number of ether oxygens (including phenoxy) is 4. The topological polar surface area (TPSA) is 205 Å². The van der Waals surface area contributed by atoms with Gasteiger partial charge in [-0.15, -0.1) is 0 Å². The van der Waals surface area contributed by atoms with E-state index in [2.05, 4.69) is 0 Å². The summed E-state index contributed by atoms with van der Waals surface area (Å²) in [5.41, 5.74) is 5.02. The Morgan fingerprint density at radius 3 is 1.86 bits per heavy atom. The van der Waals surface area contributed by atoms with E-state index in [0.29, 0.717) is 0 Å². The first-order valence-corrected chi connectivity index (χ1v) is 11.0. The monoisotopic (exact) mass is 529 g/mol. The molecule has 1 unspecified atom stereocenters. The van der Waals surface area contributed by atoms with Crippen molar-refractivity contribution < 1.29 is 67.9 Å². The molecule has 0 bridgehead atoms. The first-order chi connectivity index (χ1) is 16.9. The van der Waals surface area contributed by atoms with Gasteiger partial charge < -0.3 is 60.4 Å². The molecule has 1 aromatic carbocycles. The van der Waals surface area contributed by atoms with E-state index in [-0.39, 0.29) is 12.1 Å². The lowest BCUT2D eigenvalue weighted by Gasteiger charge is -2.43. The highest BCUT2D eigenvalue weighted by molar-refractivity contribution is 5.26. The third-order valence-electron chi connectivity index (χ3n) is 6.06. The maximum absolute atomic E-state index is 12.8. The van der Waals surface area contributed by atoms with E-state index in [4.69, 9.17) is 24.7 Å². The molecule has 3 rings (SSSR count). The highest BCUT2D eigenvalue weighted by Gasteiger charge is 2.48. The molecule has 0 radical (unpaired) electrons. The van der Waals surface area contributed by atoms with Crippen LogP contribution in [-0.4, -0.2) is 117 Å². The Hall–Kier alpha value is -1.47. The molecule has 0 spiro atoms. The molecule has 0 saturated carbocycles. The van der Waals surface area contributed by atoms with Gasteiger partial charge in [0.15, 0.2) is 12.6 Å². The minimum Gasteiger partial charge on any atom is -0.394 e. The molecule has 2 fully saturated rings. The van der Waals surface area contributed by atoms with Crippen LogP contribution in [-0.2, 0) is 25.1 Å². The van der Waals surface area contributed by atoms with E-state index >= 15 is 0 Å². The SMILES string of the molecule is NCC(O[C@@H]1O[C@H](CO[C@@H]2O[C@H](CO)[C@@H](O)[C@H](O)[C@H]2O)[C@@H](O)[C@H](O)[C@H]1O)c1ccc(C(F)(F)F)cc1. The molecule has 2 saturated heterocycles. The largest absolute Gasteiger partial charge is 0.416 e. The fourth-order valence-electron chi connectivity index (χ4n) is 3.88. The molecule has 0 aromatic heterocycles. The Morgan fingerprint density at radius 1 is 0.806 bits per heavy atom. The van der Waals surface area contributed by atoms with Crippen LogP contribution < -0.4 is 5.73 Å². The number of aliphatic hydroxyl groups excluding tert-OH is 7. The summed E-state index contributed by atoms with van der Waals surface area (Å²) in [6, 6.07) is 3.94. The molecule has 12 nitrogen and oxygen atoms in total. The summed E-state index contributed by atoms with van der Waals surface area (Å²) in [6.45, 7) is -1.50. The number of alkyl halides is 3. The van der Waals surface area contributed by atoms with Gasteiger partial charge in [0.1, 0.15) is 48.8 Å².